The molecule has 2 bridgehead atoms. The molecule has 140 valence electrons. The number of carbonyl (C=O) groups excluding carboxylic acids is 1. The SMILES string of the molecule is Cc1nn(Cc2ccc(C(=O)N[C@H](C)[C@H]3C[C@H]4CC[C@H]3C4)o2)c(C)c1Cl. The van der Waals surface area contributed by atoms with Crippen molar-refractivity contribution in [3.05, 3.63) is 40.1 Å². The number of hydrogen-bond acceptors (Lipinski definition) is 3. The first kappa shape index (κ1) is 17.7. The Labute approximate surface area is 159 Å². The summed E-state index contributed by atoms with van der Waals surface area (Å²) in [5, 5.41) is 8.23. The molecule has 2 fully saturated rings. The monoisotopic (exact) mass is 375 g/mol. The number of aryl methyl sites for hydroxylation is 1. The van der Waals surface area contributed by atoms with E-state index in [0.29, 0.717) is 29.0 Å². The summed E-state index contributed by atoms with van der Waals surface area (Å²) in [6, 6.07) is 3.77. The molecule has 2 aromatic rings. The molecule has 0 spiro atoms. The summed E-state index contributed by atoms with van der Waals surface area (Å²) < 4.78 is 7.56. The van der Waals surface area contributed by atoms with Gasteiger partial charge in [0.1, 0.15) is 5.76 Å². The van der Waals surface area contributed by atoms with E-state index in [2.05, 4.69) is 17.3 Å². The van der Waals surface area contributed by atoms with E-state index < -0.39 is 0 Å². The number of rotatable bonds is 5. The zero-order chi connectivity index (χ0) is 18.4. The van der Waals surface area contributed by atoms with Crippen LogP contribution in [0.2, 0.25) is 5.02 Å². The third kappa shape index (κ3) is 3.18. The standard InChI is InChI=1S/C20H26ClN3O2/c1-11(17-9-14-4-5-15(17)8-14)22-20(25)18-7-6-16(26-18)10-24-13(3)19(21)12(2)23-24/h6-7,11,14-15,17H,4-5,8-10H2,1-3H3,(H,22,25)/t11-,14+,15+,17-/m1/s1. The van der Waals surface area contributed by atoms with E-state index in [4.69, 9.17) is 16.0 Å². The van der Waals surface area contributed by atoms with E-state index in [1.54, 1.807) is 10.7 Å². The van der Waals surface area contributed by atoms with E-state index in [0.717, 1.165) is 23.2 Å². The van der Waals surface area contributed by atoms with Crippen LogP contribution in [0.5, 0.6) is 0 Å². The van der Waals surface area contributed by atoms with Gasteiger partial charge in [-0.3, -0.25) is 9.48 Å². The van der Waals surface area contributed by atoms with Crippen molar-refractivity contribution in [1.29, 1.82) is 0 Å². The molecule has 1 N–H and O–H groups in total. The molecule has 2 aliphatic carbocycles. The van der Waals surface area contributed by atoms with Gasteiger partial charge in [0, 0.05) is 6.04 Å². The lowest BCUT2D eigenvalue weighted by atomic mass is 9.84. The van der Waals surface area contributed by atoms with Crippen LogP contribution >= 0.6 is 11.6 Å². The second-order valence-electron chi connectivity index (χ2n) is 8.01. The number of furan rings is 1. The molecule has 2 saturated carbocycles. The molecule has 2 aliphatic rings. The topological polar surface area (TPSA) is 60.1 Å². The number of nitrogens with zero attached hydrogens (tertiary/aromatic N) is 2. The predicted molar refractivity (Wildman–Crippen MR) is 100 cm³/mol. The lowest BCUT2D eigenvalue weighted by Gasteiger charge is -2.28. The third-order valence-electron chi connectivity index (χ3n) is 6.28. The van der Waals surface area contributed by atoms with E-state index in [1.807, 2.05) is 19.9 Å². The third-order valence-corrected chi connectivity index (χ3v) is 6.83. The number of nitrogens with one attached hydrogen (secondary N) is 1. The van der Waals surface area contributed by atoms with Crippen molar-refractivity contribution in [3.8, 4) is 0 Å². The van der Waals surface area contributed by atoms with Gasteiger partial charge in [0.15, 0.2) is 5.76 Å². The first-order valence-corrected chi connectivity index (χ1v) is 9.89. The molecule has 2 heterocycles. The van der Waals surface area contributed by atoms with Crippen molar-refractivity contribution < 1.29 is 9.21 Å². The molecule has 0 radical (unpaired) electrons. The molecule has 5 nitrogen and oxygen atoms in total. The molecule has 0 unspecified atom stereocenters. The van der Waals surface area contributed by atoms with E-state index in [-0.39, 0.29) is 11.9 Å². The van der Waals surface area contributed by atoms with Crippen LogP contribution in [0.15, 0.2) is 16.5 Å². The Hall–Kier alpha value is -1.75. The fourth-order valence-electron chi connectivity index (χ4n) is 4.85. The van der Waals surface area contributed by atoms with Crippen LogP contribution in [-0.4, -0.2) is 21.7 Å². The zero-order valence-electron chi connectivity index (χ0n) is 15.6. The fourth-order valence-corrected chi connectivity index (χ4v) is 4.99. The molecule has 4 atom stereocenters. The number of hydrogen-bond donors (Lipinski definition) is 1. The van der Waals surface area contributed by atoms with Gasteiger partial charge < -0.3 is 9.73 Å². The molecule has 0 aliphatic heterocycles. The number of amides is 1. The summed E-state index contributed by atoms with van der Waals surface area (Å²) in [5.41, 5.74) is 1.70. The summed E-state index contributed by atoms with van der Waals surface area (Å²) in [5.74, 6) is 3.22. The van der Waals surface area contributed by atoms with Gasteiger partial charge in [-0.15, -0.1) is 0 Å². The zero-order valence-corrected chi connectivity index (χ0v) is 16.3. The second kappa shape index (κ2) is 6.76. The second-order valence-corrected chi connectivity index (χ2v) is 8.39. The molecular weight excluding hydrogens is 350 g/mol. The molecule has 6 heteroatoms. The summed E-state index contributed by atoms with van der Waals surface area (Å²) in [4.78, 5) is 12.6. The number of halogens is 1. The van der Waals surface area contributed by atoms with Crippen LogP contribution in [0.3, 0.4) is 0 Å². The first-order chi connectivity index (χ1) is 12.4. The lowest BCUT2D eigenvalue weighted by Crippen LogP contribution is -2.40. The average Bonchev–Trinajstić information content (AvgIpc) is 3.38. The number of carbonyl (C=O) groups is 1. The Morgan fingerprint density at radius 3 is 2.81 bits per heavy atom. The van der Waals surface area contributed by atoms with Gasteiger partial charge in [-0.05, 0) is 69.9 Å². The van der Waals surface area contributed by atoms with Crippen LogP contribution in [-0.2, 0) is 6.54 Å². The number of fused-ring (bicyclic) bond motifs is 2. The van der Waals surface area contributed by atoms with Crippen LogP contribution in [0.4, 0.5) is 0 Å². The van der Waals surface area contributed by atoms with E-state index in [1.165, 1.54) is 25.7 Å². The Balaban J connectivity index is 1.39. The highest BCUT2D eigenvalue weighted by Gasteiger charge is 2.42. The van der Waals surface area contributed by atoms with Crippen molar-refractivity contribution in [3.63, 3.8) is 0 Å². The minimum absolute atomic E-state index is 0.127. The van der Waals surface area contributed by atoms with Crippen molar-refractivity contribution >= 4 is 17.5 Å². The first-order valence-electron chi connectivity index (χ1n) is 9.51. The molecule has 0 aromatic carbocycles. The van der Waals surface area contributed by atoms with Gasteiger partial charge in [0.2, 0.25) is 0 Å². The summed E-state index contributed by atoms with van der Waals surface area (Å²) in [7, 11) is 0. The van der Waals surface area contributed by atoms with Crippen molar-refractivity contribution in [2.45, 2.75) is 59.0 Å². The maximum atomic E-state index is 12.6. The Morgan fingerprint density at radius 1 is 1.38 bits per heavy atom. The quantitative estimate of drug-likeness (QED) is 0.845. The maximum Gasteiger partial charge on any atom is 0.287 e. The van der Waals surface area contributed by atoms with Crippen LogP contribution in [0, 0.1) is 31.6 Å². The fraction of sp³-hybridized carbons (Fsp3) is 0.600. The van der Waals surface area contributed by atoms with Gasteiger partial charge in [-0.1, -0.05) is 18.0 Å². The molecule has 4 rings (SSSR count). The molecule has 26 heavy (non-hydrogen) atoms. The normalized spacial score (nSPS) is 25.6. The lowest BCUT2D eigenvalue weighted by molar-refractivity contribution is 0.0885. The van der Waals surface area contributed by atoms with Crippen LogP contribution in [0.1, 0.15) is 60.3 Å². The summed E-state index contributed by atoms with van der Waals surface area (Å²) in [6.07, 6.45) is 5.31. The minimum Gasteiger partial charge on any atom is -0.454 e. The highest BCUT2D eigenvalue weighted by atomic mass is 35.5. The van der Waals surface area contributed by atoms with E-state index in [9.17, 15) is 4.79 Å². The highest BCUT2D eigenvalue weighted by molar-refractivity contribution is 6.31. The van der Waals surface area contributed by atoms with Crippen molar-refractivity contribution in [1.82, 2.24) is 15.1 Å². The minimum atomic E-state index is -0.127. The van der Waals surface area contributed by atoms with Crippen LogP contribution < -0.4 is 5.32 Å². The maximum absolute atomic E-state index is 12.6. The Kier molecular flexibility index (Phi) is 4.59. The smallest absolute Gasteiger partial charge is 0.287 e. The highest BCUT2D eigenvalue weighted by Crippen LogP contribution is 2.49. The molecule has 2 aromatic heterocycles. The van der Waals surface area contributed by atoms with Gasteiger partial charge in [0.05, 0.1) is 23.0 Å². The van der Waals surface area contributed by atoms with Gasteiger partial charge >= 0.3 is 0 Å². The van der Waals surface area contributed by atoms with Gasteiger partial charge in [-0.2, -0.15) is 5.10 Å². The molecule has 0 saturated heterocycles. The van der Waals surface area contributed by atoms with Crippen molar-refractivity contribution in [2.75, 3.05) is 0 Å². The van der Waals surface area contributed by atoms with Gasteiger partial charge in [0.25, 0.3) is 5.91 Å². The Bertz CT molecular complexity index is 825. The summed E-state index contributed by atoms with van der Waals surface area (Å²) in [6.45, 7) is 6.40. The molecular formula is C20H26ClN3O2. The van der Waals surface area contributed by atoms with Crippen molar-refractivity contribution in [2.24, 2.45) is 17.8 Å². The predicted octanol–water partition coefficient (Wildman–Crippen LogP) is 4.35. The summed E-state index contributed by atoms with van der Waals surface area (Å²) >= 11 is 6.19. The average molecular weight is 376 g/mol. The van der Waals surface area contributed by atoms with Gasteiger partial charge in [-0.25, -0.2) is 0 Å². The van der Waals surface area contributed by atoms with Crippen LogP contribution in [0.25, 0.3) is 0 Å². The Morgan fingerprint density at radius 2 is 2.19 bits per heavy atom. The molecule has 1 amide bonds. The number of aromatic nitrogens is 2. The largest absolute Gasteiger partial charge is 0.454 e. The van der Waals surface area contributed by atoms with E-state index >= 15 is 0 Å².